The lowest BCUT2D eigenvalue weighted by molar-refractivity contribution is -0.141. The van der Waals surface area contributed by atoms with E-state index in [0.29, 0.717) is 0 Å². The number of hydrogen-bond donors (Lipinski definition) is 3. The third kappa shape index (κ3) is 5.38. The van der Waals surface area contributed by atoms with Gasteiger partial charge in [0.1, 0.15) is 6.04 Å². The molecule has 0 aromatic carbocycles. The third-order valence-corrected chi connectivity index (χ3v) is 3.04. The first-order valence-corrected chi connectivity index (χ1v) is 6.15. The molecule has 106 valence electrons. The first-order chi connectivity index (χ1) is 7.85. The summed E-state index contributed by atoms with van der Waals surface area (Å²) < 4.78 is 0. The van der Waals surface area contributed by atoms with Gasteiger partial charge in [0.15, 0.2) is 0 Å². The summed E-state index contributed by atoms with van der Waals surface area (Å²) in [6.45, 7) is 13.3. The van der Waals surface area contributed by atoms with Crippen LogP contribution in [0.2, 0.25) is 0 Å². The van der Waals surface area contributed by atoms with Crippen LogP contribution in [-0.4, -0.2) is 29.2 Å². The Bertz CT molecular complexity index is 313. The molecule has 0 bridgehead atoms. The highest BCUT2D eigenvalue weighted by Crippen LogP contribution is 2.20. The zero-order chi connectivity index (χ0) is 14.7. The highest BCUT2D eigenvalue weighted by molar-refractivity contribution is 5.83. The maximum absolute atomic E-state index is 11.8. The van der Waals surface area contributed by atoms with E-state index in [2.05, 4.69) is 10.6 Å². The van der Waals surface area contributed by atoms with E-state index >= 15 is 0 Å². The molecule has 0 fully saturated rings. The van der Waals surface area contributed by atoms with Crippen LogP contribution in [0, 0.1) is 10.8 Å². The van der Waals surface area contributed by atoms with E-state index in [-0.39, 0.29) is 11.5 Å². The summed E-state index contributed by atoms with van der Waals surface area (Å²) in [5.41, 5.74) is -0.605. The number of aliphatic carboxylic acids is 1. The second-order valence-electron chi connectivity index (χ2n) is 6.84. The van der Waals surface area contributed by atoms with Gasteiger partial charge in [-0.05, 0) is 17.8 Å². The topological polar surface area (TPSA) is 78.4 Å². The average molecular weight is 258 g/mol. The maximum Gasteiger partial charge on any atom is 0.326 e. The summed E-state index contributed by atoms with van der Waals surface area (Å²) in [5, 5.41) is 14.4. The molecule has 5 heteroatoms. The molecule has 0 aliphatic carbocycles. The number of rotatable bonds is 3. The Morgan fingerprint density at radius 3 is 1.67 bits per heavy atom. The number of amides is 2. The molecule has 18 heavy (non-hydrogen) atoms. The van der Waals surface area contributed by atoms with Crippen molar-refractivity contribution in [2.24, 2.45) is 10.8 Å². The molecular formula is C13H26N2O3. The van der Waals surface area contributed by atoms with Gasteiger partial charge in [-0.1, -0.05) is 41.5 Å². The molecule has 0 aliphatic rings. The van der Waals surface area contributed by atoms with Gasteiger partial charge >= 0.3 is 12.0 Å². The molecule has 3 N–H and O–H groups in total. The standard InChI is InChI=1S/C13H26N2O3/c1-8(12(2,3)4)14-11(18)15-9(10(16)17)13(5,6)7/h8-9H,1-7H3,(H,16,17)(H2,14,15,18)/t8?,9-/m1/s1. The average Bonchev–Trinajstić information content (AvgIpc) is 2.10. The van der Waals surface area contributed by atoms with Crippen LogP contribution in [0.15, 0.2) is 0 Å². The second kappa shape index (κ2) is 5.59. The Morgan fingerprint density at radius 2 is 1.39 bits per heavy atom. The fourth-order valence-corrected chi connectivity index (χ4v) is 1.23. The maximum atomic E-state index is 11.8. The van der Waals surface area contributed by atoms with E-state index in [1.807, 2.05) is 27.7 Å². The molecule has 0 aromatic heterocycles. The molecule has 5 nitrogen and oxygen atoms in total. The molecule has 0 saturated heterocycles. The third-order valence-electron chi connectivity index (χ3n) is 3.04. The lowest BCUT2D eigenvalue weighted by Gasteiger charge is -2.31. The van der Waals surface area contributed by atoms with Crippen molar-refractivity contribution in [3.63, 3.8) is 0 Å². The number of carboxylic acid groups (broad SMARTS) is 1. The normalized spacial score (nSPS) is 15.7. The SMILES string of the molecule is CC(NC(=O)N[C@H](C(=O)O)C(C)(C)C)C(C)(C)C. The summed E-state index contributed by atoms with van der Waals surface area (Å²) >= 11 is 0. The largest absolute Gasteiger partial charge is 0.480 e. The number of carboxylic acids is 1. The Hall–Kier alpha value is -1.26. The zero-order valence-electron chi connectivity index (χ0n) is 12.4. The van der Waals surface area contributed by atoms with Crippen LogP contribution in [0.3, 0.4) is 0 Å². The second-order valence-corrected chi connectivity index (χ2v) is 6.84. The van der Waals surface area contributed by atoms with Gasteiger partial charge in [0.05, 0.1) is 0 Å². The minimum Gasteiger partial charge on any atom is -0.480 e. The summed E-state index contributed by atoms with van der Waals surface area (Å²) in [6, 6.07) is -1.41. The van der Waals surface area contributed by atoms with Crippen molar-refractivity contribution in [1.82, 2.24) is 10.6 Å². The molecule has 1 unspecified atom stereocenters. The molecule has 0 saturated carbocycles. The number of carbonyl (C=O) groups is 2. The van der Waals surface area contributed by atoms with Gasteiger partial charge in [-0.15, -0.1) is 0 Å². The van der Waals surface area contributed by atoms with Gasteiger partial charge in [-0.2, -0.15) is 0 Å². The van der Waals surface area contributed by atoms with Gasteiger partial charge in [-0.25, -0.2) is 9.59 Å². The van der Waals surface area contributed by atoms with Gasteiger partial charge in [0.2, 0.25) is 0 Å². The van der Waals surface area contributed by atoms with Crippen LogP contribution >= 0.6 is 0 Å². The minimum absolute atomic E-state index is 0.0492. The van der Waals surface area contributed by atoms with Crippen molar-refractivity contribution in [2.45, 2.75) is 60.5 Å². The fourth-order valence-electron chi connectivity index (χ4n) is 1.23. The highest BCUT2D eigenvalue weighted by Gasteiger charge is 2.33. The lowest BCUT2D eigenvalue weighted by atomic mass is 9.86. The molecule has 0 spiro atoms. The molecule has 0 aromatic rings. The Balaban J connectivity index is 4.60. The summed E-state index contributed by atoms with van der Waals surface area (Å²) in [6.07, 6.45) is 0. The minimum atomic E-state index is -1.03. The first-order valence-electron chi connectivity index (χ1n) is 6.15. The monoisotopic (exact) mass is 258 g/mol. The Labute approximate surface area is 109 Å². The van der Waals surface area contributed by atoms with E-state index in [4.69, 9.17) is 5.11 Å². The van der Waals surface area contributed by atoms with E-state index in [9.17, 15) is 9.59 Å². The van der Waals surface area contributed by atoms with Crippen LogP contribution in [0.4, 0.5) is 4.79 Å². The quantitative estimate of drug-likeness (QED) is 0.726. The molecular weight excluding hydrogens is 232 g/mol. The van der Waals surface area contributed by atoms with E-state index in [0.717, 1.165) is 0 Å². The van der Waals surface area contributed by atoms with Crippen molar-refractivity contribution in [2.75, 3.05) is 0 Å². The van der Waals surface area contributed by atoms with Crippen LogP contribution in [0.25, 0.3) is 0 Å². The van der Waals surface area contributed by atoms with Crippen molar-refractivity contribution in [3.8, 4) is 0 Å². The van der Waals surface area contributed by atoms with E-state index in [1.165, 1.54) is 0 Å². The summed E-state index contributed by atoms with van der Waals surface area (Å²) in [4.78, 5) is 22.9. The summed E-state index contributed by atoms with van der Waals surface area (Å²) in [5.74, 6) is -1.03. The van der Waals surface area contributed by atoms with Gasteiger partial charge < -0.3 is 15.7 Å². The number of nitrogens with one attached hydrogen (secondary N) is 2. The van der Waals surface area contributed by atoms with Gasteiger partial charge in [0, 0.05) is 6.04 Å². The van der Waals surface area contributed by atoms with Crippen LogP contribution in [0.5, 0.6) is 0 Å². The Kier molecular flexibility index (Phi) is 5.20. The zero-order valence-corrected chi connectivity index (χ0v) is 12.4. The number of hydrogen-bond acceptors (Lipinski definition) is 2. The number of urea groups is 1. The van der Waals surface area contributed by atoms with E-state index in [1.54, 1.807) is 20.8 Å². The van der Waals surface area contributed by atoms with Crippen molar-refractivity contribution in [3.05, 3.63) is 0 Å². The van der Waals surface area contributed by atoms with Crippen molar-refractivity contribution < 1.29 is 14.7 Å². The van der Waals surface area contributed by atoms with Crippen molar-refractivity contribution >= 4 is 12.0 Å². The Morgan fingerprint density at radius 1 is 0.944 bits per heavy atom. The fraction of sp³-hybridized carbons (Fsp3) is 0.846. The lowest BCUT2D eigenvalue weighted by Crippen LogP contribution is -2.55. The first kappa shape index (κ1) is 16.7. The van der Waals surface area contributed by atoms with Crippen molar-refractivity contribution in [1.29, 1.82) is 0 Å². The van der Waals surface area contributed by atoms with Gasteiger partial charge in [0.25, 0.3) is 0 Å². The van der Waals surface area contributed by atoms with Crippen LogP contribution in [-0.2, 0) is 4.79 Å². The predicted octanol–water partition coefficient (Wildman–Crippen LogP) is 2.22. The molecule has 0 rings (SSSR count). The smallest absolute Gasteiger partial charge is 0.326 e. The van der Waals surface area contributed by atoms with Gasteiger partial charge in [-0.3, -0.25) is 0 Å². The molecule has 0 heterocycles. The van der Waals surface area contributed by atoms with Crippen LogP contribution < -0.4 is 10.6 Å². The predicted molar refractivity (Wildman–Crippen MR) is 71.5 cm³/mol. The molecule has 0 radical (unpaired) electrons. The highest BCUT2D eigenvalue weighted by atomic mass is 16.4. The van der Waals surface area contributed by atoms with Crippen LogP contribution in [0.1, 0.15) is 48.5 Å². The van der Waals surface area contributed by atoms with E-state index < -0.39 is 23.5 Å². The number of carbonyl (C=O) groups excluding carboxylic acids is 1. The molecule has 2 amide bonds. The summed E-state index contributed by atoms with van der Waals surface area (Å²) in [7, 11) is 0. The molecule has 0 aliphatic heterocycles. The molecule has 2 atom stereocenters.